The summed E-state index contributed by atoms with van der Waals surface area (Å²) in [4.78, 5) is 33.5. The third-order valence-electron chi connectivity index (χ3n) is 4.65. The summed E-state index contributed by atoms with van der Waals surface area (Å²) in [6.07, 6.45) is 1.43. The Balaban J connectivity index is 1.73. The van der Waals surface area contributed by atoms with Crippen LogP contribution in [0.3, 0.4) is 0 Å². The molecule has 8 nitrogen and oxygen atoms in total. The summed E-state index contributed by atoms with van der Waals surface area (Å²) in [5.41, 5.74) is 4.49. The Morgan fingerprint density at radius 1 is 1.21 bits per heavy atom. The Hall–Kier alpha value is -3.36. The summed E-state index contributed by atoms with van der Waals surface area (Å²) in [5.74, 6) is 5.45. The second-order valence-electron chi connectivity index (χ2n) is 6.54. The minimum Gasteiger partial charge on any atom is -0.380 e. The highest BCUT2D eigenvalue weighted by atomic mass is 16.5. The summed E-state index contributed by atoms with van der Waals surface area (Å²) in [7, 11) is 0. The lowest BCUT2D eigenvalue weighted by molar-refractivity contribution is 0.00662. The van der Waals surface area contributed by atoms with E-state index < -0.39 is 5.91 Å². The fourth-order valence-electron chi connectivity index (χ4n) is 3.00. The number of nitrogens with two attached hydrogens (primary N) is 1. The van der Waals surface area contributed by atoms with Crippen molar-refractivity contribution in [3.8, 4) is 11.4 Å². The van der Waals surface area contributed by atoms with Crippen molar-refractivity contribution >= 4 is 5.91 Å². The lowest BCUT2D eigenvalue weighted by Gasteiger charge is -2.26. The average Bonchev–Trinajstić information content (AvgIpc) is 2.69. The summed E-state index contributed by atoms with van der Waals surface area (Å²) in [6.45, 7) is 1.40. The van der Waals surface area contributed by atoms with Gasteiger partial charge in [0.25, 0.3) is 11.5 Å². The predicted octanol–water partition coefficient (Wildman–Crippen LogP) is 1.07. The molecule has 0 atom stereocenters. The number of nitrogens with zero attached hydrogens (tertiary/aromatic N) is 3. The maximum atomic E-state index is 12.9. The molecule has 2 aromatic heterocycles. The van der Waals surface area contributed by atoms with Crippen LogP contribution < -0.4 is 16.8 Å². The van der Waals surface area contributed by atoms with Crippen LogP contribution in [0.15, 0.2) is 59.5 Å². The van der Waals surface area contributed by atoms with Gasteiger partial charge in [-0.05, 0) is 12.1 Å². The van der Waals surface area contributed by atoms with Crippen LogP contribution in [0.25, 0.3) is 11.4 Å². The van der Waals surface area contributed by atoms with E-state index in [1.165, 1.54) is 6.20 Å². The number of nitrogens with one attached hydrogen (secondary N) is 1. The molecule has 3 heterocycles. The fraction of sp³-hybridized carbons (Fsp3) is 0.200. The van der Waals surface area contributed by atoms with Crippen LogP contribution in [0.4, 0.5) is 0 Å². The lowest BCUT2D eigenvalue weighted by Crippen LogP contribution is -2.31. The van der Waals surface area contributed by atoms with E-state index in [-0.39, 0.29) is 18.0 Å². The van der Waals surface area contributed by atoms with Crippen molar-refractivity contribution in [2.45, 2.75) is 12.5 Å². The third kappa shape index (κ3) is 3.55. The Morgan fingerprint density at radius 2 is 2.00 bits per heavy atom. The van der Waals surface area contributed by atoms with E-state index in [0.717, 1.165) is 11.3 Å². The number of carbonyl (C=O) groups excluding carboxylic acids is 1. The van der Waals surface area contributed by atoms with Gasteiger partial charge in [-0.3, -0.25) is 24.6 Å². The molecule has 1 amide bonds. The number of nitrogen functional groups attached to an aromatic ring is 1. The van der Waals surface area contributed by atoms with Gasteiger partial charge >= 0.3 is 0 Å². The fourth-order valence-corrected chi connectivity index (χ4v) is 3.00. The smallest absolute Gasteiger partial charge is 0.266 e. The number of hydrogen-bond donors (Lipinski definition) is 2. The van der Waals surface area contributed by atoms with Crippen molar-refractivity contribution in [3.05, 3.63) is 82.0 Å². The molecule has 3 N–H and O–H groups in total. The van der Waals surface area contributed by atoms with Gasteiger partial charge in [0.1, 0.15) is 5.82 Å². The maximum absolute atomic E-state index is 12.9. The van der Waals surface area contributed by atoms with Gasteiger partial charge in [-0.2, -0.15) is 0 Å². The van der Waals surface area contributed by atoms with Crippen LogP contribution in [0.1, 0.15) is 27.7 Å². The number of hydrazine groups is 1. The molecule has 1 aromatic carbocycles. The quantitative estimate of drug-likeness (QED) is 0.391. The zero-order valence-electron chi connectivity index (χ0n) is 15.0. The van der Waals surface area contributed by atoms with Gasteiger partial charge in [0.05, 0.1) is 36.7 Å². The van der Waals surface area contributed by atoms with Gasteiger partial charge < -0.3 is 4.74 Å². The van der Waals surface area contributed by atoms with Gasteiger partial charge in [0.15, 0.2) is 0 Å². The van der Waals surface area contributed by atoms with Crippen LogP contribution in [-0.4, -0.2) is 33.7 Å². The summed E-state index contributed by atoms with van der Waals surface area (Å²) in [5, 5.41) is 0. The lowest BCUT2D eigenvalue weighted by atomic mass is 10.0. The van der Waals surface area contributed by atoms with Crippen molar-refractivity contribution in [1.29, 1.82) is 0 Å². The highest BCUT2D eigenvalue weighted by molar-refractivity contribution is 5.93. The standard InChI is InChI=1S/C20H19N5O3/c21-24-20(27)14-6-7-16(22-9-14)10-25-18(26)8-17(15-11-28-12-15)23-19(25)13-4-2-1-3-5-13/h1-9,15H,10-12,21H2,(H,24,27). The number of rotatable bonds is 5. The summed E-state index contributed by atoms with van der Waals surface area (Å²) >= 11 is 0. The molecule has 142 valence electrons. The van der Waals surface area contributed by atoms with E-state index in [0.29, 0.717) is 30.3 Å². The highest BCUT2D eigenvalue weighted by Crippen LogP contribution is 2.24. The van der Waals surface area contributed by atoms with Crippen LogP contribution >= 0.6 is 0 Å². The minimum absolute atomic E-state index is 0.150. The minimum atomic E-state index is -0.421. The number of carbonyl (C=O) groups is 1. The molecular weight excluding hydrogens is 358 g/mol. The molecule has 1 aliphatic heterocycles. The van der Waals surface area contributed by atoms with Crippen molar-refractivity contribution in [1.82, 2.24) is 20.0 Å². The van der Waals surface area contributed by atoms with Crippen LogP contribution in [-0.2, 0) is 11.3 Å². The molecule has 0 unspecified atom stereocenters. The summed E-state index contributed by atoms with van der Waals surface area (Å²) < 4.78 is 6.83. The van der Waals surface area contributed by atoms with E-state index in [9.17, 15) is 9.59 Å². The van der Waals surface area contributed by atoms with Crippen LogP contribution in [0.2, 0.25) is 0 Å². The first-order chi connectivity index (χ1) is 13.7. The summed E-state index contributed by atoms with van der Waals surface area (Å²) in [6, 6.07) is 14.4. The molecule has 0 saturated carbocycles. The first-order valence-corrected chi connectivity index (χ1v) is 8.86. The van der Waals surface area contributed by atoms with Crippen molar-refractivity contribution in [2.75, 3.05) is 13.2 Å². The second-order valence-corrected chi connectivity index (χ2v) is 6.54. The first kappa shape index (κ1) is 18.0. The second kappa shape index (κ2) is 7.71. The molecule has 0 bridgehead atoms. The van der Waals surface area contributed by atoms with Gasteiger partial charge in [-0.15, -0.1) is 0 Å². The van der Waals surface area contributed by atoms with Crippen molar-refractivity contribution in [2.24, 2.45) is 5.84 Å². The molecule has 0 spiro atoms. The monoisotopic (exact) mass is 377 g/mol. The van der Waals surface area contributed by atoms with Crippen molar-refractivity contribution in [3.63, 3.8) is 0 Å². The topological polar surface area (TPSA) is 112 Å². The molecule has 28 heavy (non-hydrogen) atoms. The van der Waals surface area contributed by atoms with E-state index in [2.05, 4.69) is 10.4 Å². The number of pyridine rings is 1. The highest BCUT2D eigenvalue weighted by Gasteiger charge is 2.24. The van der Waals surface area contributed by atoms with E-state index >= 15 is 0 Å². The number of benzene rings is 1. The first-order valence-electron chi connectivity index (χ1n) is 8.86. The van der Waals surface area contributed by atoms with Crippen LogP contribution in [0, 0.1) is 0 Å². The zero-order chi connectivity index (χ0) is 19.5. The van der Waals surface area contributed by atoms with Gasteiger partial charge in [-0.1, -0.05) is 30.3 Å². The molecule has 0 radical (unpaired) electrons. The Morgan fingerprint density at radius 3 is 2.61 bits per heavy atom. The molecule has 1 fully saturated rings. The number of ether oxygens (including phenoxy) is 1. The van der Waals surface area contributed by atoms with Gasteiger partial charge in [0.2, 0.25) is 0 Å². The Labute approximate surface area is 161 Å². The SMILES string of the molecule is NNC(=O)c1ccc(Cn2c(-c3ccccc3)nc(C3COC3)cc2=O)nc1. The number of amides is 1. The third-order valence-corrected chi connectivity index (χ3v) is 4.65. The Bertz CT molecular complexity index is 1040. The molecular formula is C20H19N5O3. The predicted molar refractivity (Wildman–Crippen MR) is 102 cm³/mol. The zero-order valence-corrected chi connectivity index (χ0v) is 15.0. The molecule has 8 heteroatoms. The molecule has 1 aliphatic rings. The molecule has 1 saturated heterocycles. The normalized spacial score (nSPS) is 13.8. The maximum Gasteiger partial charge on any atom is 0.266 e. The number of aromatic nitrogens is 3. The average molecular weight is 377 g/mol. The molecule has 0 aliphatic carbocycles. The largest absolute Gasteiger partial charge is 0.380 e. The van der Waals surface area contributed by atoms with Crippen molar-refractivity contribution < 1.29 is 9.53 Å². The molecule has 4 rings (SSSR count). The van der Waals surface area contributed by atoms with Gasteiger partial charge in [0, 0.05) is 23.7 Å². The number of hydrogen-bond acceptors (Lipinski definition) is 6. The van der Waals surface area contributed by atoms with E-state index in [1.54, 1.807) is 22.8 Å². The van der Waals surface area contributed by atoms with Crippen LogP contribution in [0.5, 0.6) is 0 Å². The van der Waals surface area contributed by atoms with E-state index in [1.807, 2.05) is 30.3 Å². The molecule has 3 aromatic rings. The Kier molecular flexibility index (Phi) is 4.96. The van der Waals surface area contributed by atoms with Gasteiger partial charge in [-0.25, -0.2) is 10.8 Å². The van der Waals surface area contributed by atoms with E-state index in [4.69, 9.17) is 15.6 Å².